The van der Waals surface area contributed by atoms with Gasteiger partial charge in [-0.1, -0.05) is 5.92 Å². The van der Waals surface area contributed by atoms with E-state index in [2.05, 4.69) is 33.9 Å². The Morgan fingerprint density at radius 1 is 1.30 bits per heavy atom. The van der Waals surface area contributed by atoms with Crippen LogP contribution in [0.25, 0.3) is 11.0 Å². The minimum atomic E-state index is 0.0179. The molecule has 4 heteroatoms. The second-order valence-electron chi connectivity index (χ2n) is 6.73. The van der Waals surface area contributed by atoms with Crippen LogP contribution < -0.4 is 0 Å². The summed E-state index contributed by atoms with van der Waals surface area (Å²) in [5.41, 5.74) is 2.12. The predicted octanol–water partition coefficient (Wildman–Crippen LogP) is 2.90. The Balaban J connectivity index is 1.48. The van der Waals surface area contributed by atoms with Crippen LogP contribution in [0.1, 0.15) is 38.3 Å². The van der Waals surface area contributed by atoms with Crippen molar-refractivity contribution in [2.45, 2.75) is 51.1 Å². The van der Waals surface area contributed by atoms with Crippen LogP contribution in [0.5, 0.6) is 0 Å². The maximum absolute atomic E-state index is 12.2. The van der Waals surface area contributed by atoms with Gasteiger partial charge in [0.1, 0.15) is 5.65 Å². The van der Waals surface area contributed by atoms with E-state index < -0.39 is 0 Å². The van der Waals surface area contributed by atoms with Crippen molar-refractivity contribution in [3.63, 3.8) is 0 Å². The molecular formula is C19H21N3O. The number of amides is 1. The van der Waals surface area contributed by atoms with Crippen molar-refractivity contribution in [3.8, 4) is 11.8 Å². The number of hydrogen-bond acceptors (Lipinski definition) is 2. The molecule has 4 heterocycles. The number of nitrogens with one attached hydrogen (secondary N) is 1. The zero-order valence-electron chi connectivity index (χ0n) is 13.4. The molecule has 2 atom stereocenters. The molecule has 0 aliphatic carbocycles. The zero-order valence-corrected chi connectivity index (χ0v) is 13.4. The third-order valence-electron chi connectivity index (χ3n) is 5.26. The number of H-pyrrole nitrogens is 1. The lowest BCUT2D eigenvalue weighted by Crippen LogP contribution is -2.46. The fourth-order valence-electron chi connectivity index (χ4n) is 4.34. The Morgan fingerprint density at radius 2 is 2.09 bits per heavy atom. The van der Waals surface area contributed by atoms with Crippen LogP contribution >= 0.6 is 0 Å². The number of carbonyl (C=O) groups is 1. The largest absolute Gasteiger partial charge is 0.346 e. The topological polar surface area (TPSA) is 49.0 Å². The first kappa shape index (κ1) is 14.3. The van der Waals surface area contributed by atoms with Crippen molar-refractivity contribution in [2.24, 2.45) is 5.92 Å². The van der Waals surface area contributed by atoms with Gasteiger partial charge in [0.2, 0.25) is 0 Å². The maximum Gasteiger partial charge on any atom is 0.298 e. The molecule has 2 aliphatic heterocycles. The summed E-state index contributed by atoms with van der Waals surface area (Å²) in [6, 6.07) is 7.07. The monoisotopic (exact) mass is 307 g/mol. The lowest BCUT2D eigenvalue weighted by atomic mass is 9.87. The zero-order chi connectivity index (χ0) is 15.8. The SMILES string of the molecule is CC#CC(=O)N1C2CCC1CC(Cc1ccc3cc[nH]c3n1)C2. The molecule has 4 nitrogen and oxygen atoms in total. The second-order valence-corrected chi connectivity index (χ2v) is 6.73. The van der Waals surface area contributed by atoms with Gasteiger partial charge in [0.15, 0.2) is 0 Å². The highest BCUT2D eigenvalue weighted by Crippen LogP contribution is 2.39. The molecular weight excluding hydrogens is 286 g/mol. The second kappa shape index (κ2) is 5.73. The minimum Gasteiger partial charge on any atom is -0.346 e. The lowest BCUT2D eigenvalue weighted by Gasteiger charge is -2.37. The number of nitrogens with zero attached hydrogens (tertiary/aromatic N) is 2. The number of carbonyl (C=O) groups excluding carboxylic acids is 1. The number of aromatic amines is 1. The summed E-state index contributed by atoms with van der Waals surface area (Å²) >= 11 is 0. The number of piperidine rings is 1. The van der Waals surface area contributed by atoms with Crippen LogP contribution in [0.15, 0.2) is 24.4 Å². The van der Waals surface area contributed by atoms with E-state index in [1.54, 1.807) is 6.92 Å². The Labute approximate surface area is 136 Å². The molecule has 2 aromatic rings. The van der Waals surface area contributed by atoms with Crippen LogP contribution in [0.3, 0.4) is 0 Å². The van der Waals surface area contributed by atoms with Crippen LogP contribution in [-0.2, 0) is 11.2 Å². The normalized spacial score (nSPS) is 26.1. The number of fused-ring (bicyclic) bond motifs is 3. The molecule has 4 rings (SSSR count). The maximum atomic E-state index is 12.2. The van der Waals surface area contributed by atoms with Crippen molar-refractivity contribution in [1.29, 1.82) is 0 Å². The van der Waals surface area contributed by atoms with E-state index in [1.165, 1.54) is 0 Å². The summed E-state index contributed by atoms with van der Waals surface area (Å²) in [5.74, 6) is 6.10. The average Bonchev–Trinajstić information content (AvgIpc) is 3.10. The Kier molecular flexibility index (Phi) is 3.57. The van der Waals surface area contributed by atoms with Crippen LogP contribution in [0.2, 0.25) is 0 Å². The first-order valence-electron chi connectivity index (χ1n) is 8.42. The number of hydrogen-bond donors (Lipinski definition) is 1. The van der Waals surface area contributed by atoms with Crippen LogP contribution in [0.4, 0.5) is 0 Å². The smallest absolute Gasteiger partial charge is 0.298 e. The number of aromatic nitrogens is 2. The van der Waals surface area contributed by atoms with E-state index in [1.807, 2.05) is 12.3 Å². The molecule has 2 bridgehead atoms. The molecule has 2 fully saturated rings. The quantitative estimate of drug-likeness (QED) is 0.867. The van der Waals surface area contributed by atoms with Crippen molar-refractivity contribution < 1.29 is 4.79 Å². The molecule has 0 radical (unpaired) electrons. The summed E-state index contributed by atoms with van der Waals surface area (Å²) in [4.78, 5) is 22.1. The molecule has 0 spiro atoms. The lowest BCUT2D eigenvalue weighted by molar-refractivity contribution is -0.130. The molecule has 2 aromatic heterocycles. The summed E-state index contributed by atoms with van der Waals surface area (Å²) < 4.78 is 0. The fraction of sp³-hybridized carbons (Fsp3) is 0.474. The fourth-order valence-corrected chi connectivity index (χ4v) is 4.34. The molecule has 0 saturated carbocycles. The number of rotatable bonds is 2. The van der Waals surface area contributed by atoms with Gasteiger partial charge in [0.25, 0.3) is 5.91 Å². The molecule has 2 aliphatic rings. The van der Waals surface area contributed by atoms with Gasteiger partial charge in [-0.15, -0.1) is 0 Å². The Bertz CT molecular complexity index is 784. The van der Waals surface area contributed by atoms with Gasteiger partial charge in [-0.2, -0.15) is 0 Å². The first-order chi connectivity index (χ1) is 11.2. The van der Waals surface area contributed by atoms with E-state index in [0.29, 0.717) is 18.0 Å². The molecule has 1 N–H and O–H groups in total. The first-order valence-corrected chi connectivity index (χ1v) is 8.42. The van der Waals surface area contributed by atoms with Crippen molar-refractivity contribution in [3.05, 3.63) is 30.1 Å². The minimum absolute atomic E-state index is 0.0179. The Morgan fingerprint density at radius 3 is 2.83 bits per heavy atom. The molecule has 2 unspecified atom stereocenters. The van der Waals surface area contributed by atoms with E-state index in [-0.39, 0.29) is 5.91 Å². The van der Waals surface area contributed by atoms with Crippen molar-refractivity contribution in [2.75, 3.05) is 0 Å². The van der Waals surface area contributed by atoms with Gasteiger partial charge in [-0.25, -0.2) is 4.98 Å². The Hall–Kier alpha value is -2.28. The summed E-state index contributed by atoms with van der Waals surface area (Å²) in [6.45, 7) is 1.73. The van der Waals surface area contributed by atoms with Gasteiger partial charge in [-0.05, 0) is 69.1 Å². The van der Waals surface area contributed by atoms with E-state index in [0.717, 1.165) is 48.8 Å². The van der Waals surface area contributed by atoms with Gasteiger partial charge >= 0.3 is 0 Å². The molecule has 118 valence electrons. The van der Waals surface area contributed by atoms with Crippen LogP contribution in [-0.4, -0.2) is 32.9 Å². The summed E-state index contributed by atoms with van der Waals surface area (Å²) in [5, 5.41) is 1.16. The van der Waals surface area contributed by atoms with Crippen LogP contribution in [0, 0.1) is 17.8 Å². The molecule has 0 aromatic carbocycles. The van der Waals surface area contributed by atoms with Gasteiger partial charge in [0, 0.05) is 29.4 Å². The van der Waals surface area contributed by atoms with Gasteiger partial charge in [-0.3, -0.25) is 4.79 Å². The van der Waals surface area contributed by atoms with E-state index >= 15 is 0 Å². The van der Waals surface area contributed by atoms with Crippen molar-refractivity contribution >= 4 is 16.9 Å². The third kappa shape index (κ3) is 2.61. The molecule has 1 amide bonds. The van der Waals surface area contributed by atoms with Gasteiger partial charge < -0.3 is 9.88 Å². The van der Waals surface area contributed by atoms with Gasteiger partial charge in [0.05, 0.1) is 0 Å². The molecule has 23 heavy (non-hydrogen) atoms. The van der Waals surface area contributed by atoms with Crippen molar-refractivity contribution in [1.82, 2.24) is 14.9 Å². The van der Waals surface area contributed by atoms with E-state index in [9.17, 15) is 4.79 Å². The molecule has 2 saturated heterocycles. The average molecular weight is 307 g/mol. The highest BCUT2D eigenvalue weighted by atomic mass is 16.2. The number of pyridine rings is 1. The standard InChI is InChI=1S/C19H21N3O/c1-2-3-18(23)22-16-6-7-17(22)12-13(11-16)10-15-5-4-14-8-9-20-19(14)21-15/h4-5,8-9,13,16-17H,6-7,10-12H2,1H3,(H,20,21). The highest BCUT2D eigenvalue weighted by Gasteiger charge is 2.42. The summed E-state index contributed by atoms with van der Waals surface area (Å²) in [7, 11) is 0. The highest BCUT2D eigenvalue weighted by molar-refractivity contribution is 5.94. The predicted molar refractivity (Wildman–Crippen MR) is 89.6 cm³/mol. The van der Waals surface area contributed by atoms with E-state index in [4.69, 9.17) is 4.98 Å². The third-order valence-corrected chi connectivity index (χ3v) is 5.26. The summed E-state index contributed by atoms with van der Waals surface area (Å²) in [6.07, 6.45) is 7.35.